The molecule has 0 aliphatic carbocycles. The van der Waals surface area contributed by atoms with Crippen molar-refractivity contribution in [2.24, 2.45) is 0 Å². The average Bonchev–Trinajstić information content (AvgIpc) is 2.65. The molecule has 154 valence electrons. The molecule has 5 nitrogen and oxygen atoms in total. The molecule has 0 saturated carbocycles. The number of nitrogens with zero attached hydrogens (tertiary/aromatic N) is 2. The van der Waals surface area contributed by atoms with Crippen LogP contribution in [0, 0.1) is 18.3 Å². The number of likely N-dealkylation sites (N-methyl/N-ethyl adjacent to an activating group) is 1. The molecule has 3 rings (SSSR count). The van der Waals surface area contributed by atoms with Crippen molar-refractivity contribution in [3.63, 3.8) is 0 Å². The Morgan fingerprint density at radius 1 is 1.14 bits per heavy atom. The number of anilines is 1. The van der Waals surface area contributed by atoms with Gasteiger partial charge in [-0.15, -0.1) is 24.8 Å². The first-order chi connectivity index (χ1) is 13.0. The third kappa shape index (κ3) is 6.23. The second-order valence-electron chi connectivity index (χ2n) is 6.88. The van der Waals surface area contributed by atoms with Crippen molar-refractivity contribution in [3.8, 4) is 11.8 Å². The highest BCUT2D eigenvalue weighted by molar-refractivity contribution is 5.86. The average molecular weight is 433 g/mol. The van der Waals surface area contributed by atoms with Gasteiger partial charge in [0.1, 0.15) is 18.2 Å². The molecule has 0 amide bonds. The number of rotatable bonds is 6. The van der Waals surface area contributed by atoms with Crippen LogP contribution in [0.15, 0.2) is 42.5 Å². The van der Waals surface area contributed by atoms with E-state index in [9.17, 15) is 5.26 Å². The number of nitrogen functional groups attached to an aromatic ring is 1. The molecule has 2 aromatic carbocycles. The predicted molar refractivity (Wildman–Crippen MR) is 123 cm³/mol. The molecule has 1 atom stereocenters. The summed E-state index contributed by atoms with van der Waals surface area (Å²) < 4.78 is 5.97. The number of aryl methyl sites for hydroxylation is 1. The number of hydrogen-bond acceptors (Lipinski definition) is 5. The topological polar surface area (TPSA) is 84.0 Å². The van der Waals surface area contributed by atoms with Crippen LogP contribution < -0.4 is 15.8 Å². The van der Waals surface area contributed by atoms with Gasteiger partial charge in [0.2, 0.25) is 0 Å². The van der Waals surface area contributed by atoms with Gasteiger partial charge in [0.05, 0.1) is 17.1 Å². The van der Waals surface area contributed by atoms with Gasteiger partial charge in [-0.1, -0.05) is 12.1 Å². The van der Waals surface area contributed by atoms with Crippen molar-refractivity contribution in [1.29, 1.82) is 5.26 Å². The van der Waals surface area contributed by atoms with Gasteiger partial charge in [-0.25, -0.2) is 4.98 Å². The number of nitriles is 1. The van der Waals surface area contributed by atoms with Crippen LogP contribution in [0.1, 0.15) is 29.2 Å². The molecule has 3 N–H and O–H groups in total. The lowest BCUT2D eigenvalue weighted by Gasteiger charge is -2.13. The van der Waals surface area contributed by atoms with Crippen LogP contribution in [0.4, 0.5) is 5.82 Å². The normalized spacial score (nSPS) is 11.1. The van der Waals surface area contributed by atoms with E-state index in [0.29, 0.717) is 29.8 Å². The number of hydrogen-bond donors (Lipinski definition) is 2. The third-order valence-electron chi connectivity index (χ3n) is 4.64. The molecule has 29 heavy (non-hydrogen) atoms. The maximum atomic E-state index is 9.29. The lowest BCUT2D eigenvalue weighted by molar-refractivity contribution is 0.306. The monoisotopic (exact) mass is 432 g/mol. The largest absolute Gasteiger partial charge is 0.489 e. The van der Waals surface area contributed by atoms with Gasteiger partial charge in [-0.05, 0) is 74.3 Å². The molecule has 3 aromatic rings. The van der Waals surface area contributed by atoms with Crippen molar-refractivity contribution in [1.82, 2.24) is 10.3 Å². The Labute approximate surface area is 184 Å². The third-order valence-corrected chi connectivity index (χ3v) is 4.64. The summed E-state index contributed by atoms with van der Waals surface area (Å²) in [6.07, 6.45) is 0.834. The Morgan fingerprint density at radius 3 is 2.59 bits per heavy atom. The van der Waals surface area contributed by atoms with E-state index >= 15 is 0 Å². The minimum Gasteiger partial charge on any atom is -0.489 e. The summed E-state index contributed by atoms with van der Waals surface area (Å²) in [7, 11) is 1.93. The van der Waals surface area contributed by atoms with Crippen LogP contribution in [0.25, 0.3) is 10.9 Å². The van der Waals surface area contributed by atoms with Gasteiger partial charge in [0.25, 0.3) is 0 Å². The summed E-state index contributed by atoms with van der Waals surface area (Å²) in [5, 5.41) is 13.6. The van der Waals surface area contributed by atoms with Crippen molar-refractivity contribution in [3.05, 3.63) is 64.7 Å². The van der Waals surface area contributed by atoms with Gasteiger partial charge < -0.3 is 15.8 Å². The van der Waals surface area contributed by atoms with Gasteiger partial charge in [-0.3, -0.25) is 0 Å². The number of nitrogens with one attached hydrogen (secondary N) is 1. The quantitative estimate of drug-likeness (QED) is 0.595. The van der Waals surface area contributed by atoms with E-state index in [-0.39, 0.29) is 24.8 Å². The summed E-state index contributed by atoms with van der Waals surface area (Å²) in [6, 6.07) is 16.2. The molecule has 7 heteroatoms. The van der Waals surface area contributed by atoms with E-state index < -0.39 is 0 Å². The highest BCUT2D eigenvalue weighted by atomic mass is 35.5. The second-order valence-corrected chi connectivity index (χ2v) is 6.88. The molecule has 0 aliphatic rings. The number of benzene rings is 2. The Balaban J connectivity index is 0.00000210. The molecule has 0 saturated heterocycles. The summed E-state index contributed by atoms with van der Waals surface area (Å²) in [5.74, 6) is 1.22. The van der Waals surface area contributed by atoms with E-state index in [1.165, 1.54) is 0 Å². The standard InChI is InChI=1S/C22H24N4O.2ClH/c1-14-6-22(24)26-21-11-16(4-5-20(14)21)13-27-19-9-17(7-15(2)25-3)8-18(10-19)12-23;;/h4-6,8-11,15,25H,7,13H2,1-3H3,(H2,24,26);2*1H/t15-;;/m0../s1. The summed E-state index contributed by atoms with van der Waals surface area (Å²) in [6.45, 7) is 4.54. The Bertz CT molecular complexity index is 1020. The van der Waals surface area contributed by atoms with Crippen LogP contribution in [0.3, 0.4) is 0 Å². The van der Waals surface area contributed by atoms with Crippen LogP contribution in [0.5, 0.6) is 5.75 Å². The van der Waals surface area contributed by atoms with Crippen LogP contribution in [-0.2, 0) is 13.0 Å². The predicted octanol–water partition coefficient (Wildman–Crippen LogP) is 4.57. The first kappa shape index (κ1) is 24.5. The smallest absolute Gasteiger partial charge is 0.124 e. The number of pyridine rings is 1. The summed E-state index contributed by atoms with van der Waals surface area (Å²) >= 11 is 0. The number of aromatic nitrogens is 1. The molecule has 0 fully saturated rings. The van der Waals surface area contributed by atoms with Gasteiger partial charge in [0.15, 0.2) is 0 Å². The van der Waals surface area contributed by atoms with E-state index in [4.69, 9.17) is 10.5 Å². The van der Waals surface area contributed by atoms with Crippen molar-refractivity contribution in [2.45, 2.75) is 32.9 Å². The molecular formula is C22H26Cl2N4O. The maximum absolute atomic E-state index is 9.29. The van der Waals surface area contributed by atoms with E-state index in [0.717, 1.165) is 34.0 Å². The zero-order chi connectivity index (χ0) is 19.4. The molecular weight excluding hydrogens is 407 g/mol. The zero-order valence-corrected chi connectivity index (χ0v) is 18.4. The minimum atomic E-state index is 0. The fourth-order valence-electron chi connectivity index (χ4n) is 3.11. The molecule has 1 heterocycles. The molecule has 0 bridgehead atoms. The maximum Gasteiger partial charge on any atom is 0.124 e. The Morgan fingerprint density at radius 2 is 1.90 bits per heavy atom. The lowest BCUT2D eigenvalue weighted by Crippen LogP contribution is -2.23. The Hall–Kier alpha value is -2.52. The van der Waals surface area contributed by atoms with Crippen molar-refractivity contribution >= 4 is 41.5 Å². The van der Waals surface area contributed by atoms with Crippen LogP contribution in [-0.4, -0.2) is 18.1 Å². The van der Waals surface area contributed by atoms with Crippen LogP contribution >= 0.6 is 24.8 Å². The van der Waals surface area contributed by atoms with E-state index in [2.05, 4.69) is 23.3 Å². The van der Waals surface area contributed by atoms with Gasteiger partial charge in [0, 0.05) is 11.4 Å². The van der Waals surface area contributed by atoms with Gasteiger partial charge >= 0.3 is 0 Å². The fraction of sp³-hybridized carbons (Fsp3) is 0.273. The van der Waals surface area contributed by atoms with Crippen molar-refractivity contribution in [2.75, 3.05) is 12.8 Å². The van der Waals surface area contributed by atoms with Crippen molar-refractivity contribution < 1.29 is 4.74 Å². The summed E-state index contributed by atoms with van der Waals surface area (Å²) in [5.41, 5.74) is 10.5. The Kier molecular flexibility index (Phi) is 9.19. The first-order valence-electron chi connectivity index (χ1n) is 8.98. The van der Waals surface area contributed by atoms with E-state index in [1.807, 2.05) is 50.4 Å². The lowest BCUT2D eigenvalue weighted by atomic mass is 10.0. The highest BCUT2D eigenvalue weighted by Gasteiger charge is 2.07. The molecule has 0 radical (unpaired) electrons. The SMILES string of the molecule is CN[C@@H](C)Cc1cc(C#N)cc(OCc2ccc3c(C)cc(N)nc3c2)c1.Cl.Cl. The molecule has 0 spiro atoms. The second kappa shape index (κ2) is 10.9. The number of nitrogens with two attached hydrogens (primary N) is 1. The number of ether oxygens (including phenoxy) is 1. The fourth-order valence-corrected chi connectivity index (χ4v) is 3.11. The van der Waals surface area contributed by atoms with Gasteiger partial charge in [-0.2, -0.15) is 5.26 Å². The summed E-state index contributed by atoms with van der Waals surface area (Å²) in [4.78, 5) is 4.41. The highest BCUT2D eigenvalue weighted by Crippen LogP contribution is 2.23. The van der Waals surface area contributed by atoms with Crippen LogP contribution in [0.2, 0.25) is 0 Å². The zero-order valence-electron chi connectivity index (χ0n) is 16.7. The number of halogens is 2. The van der Waals surface area contributed by atoms with E-state index in [1.54, 1.807) is 6.07 Å². The molecule has 0 aliphatic heterocycles. The first-order valence-corrected chi connectivity index (χ1v) is 8.98. The molecule has 0 unspecified atom stereocenters. The molecule has 1 aromatic heterocycles. The number of fused-ring (bicyclic) bond motifs is 1. The minimum absolute atomic E-state index is 0.